The number of hydrogen-bond donors (Lipinski definition) is 2. The monoisotopic (exact) mass is 185 g/mol. The average molecular weight is 185 g/mol. The summed E-state index contributed by atoms with van der Waals surface area (Å²) < 4.78 is 0. The van der Waals surface area contributed by atoms with Crippen molar-refractivity contribution in [2.75, 3.05) is 6.54 Å². The van der Waals surface area contributed by atoms with Gasteiger partial charge in [-0.05, 0) is 13.3 Å². The molecule has 4 heteroatoms. The lowest BCUT2D eigenvalue weighted by Gasteiger charge is -2.18. The van der Waals surface area contributed by atoms with E-state index in [1.165, 1.54) is 0 Å². The van der Waals surface area contributed by atoms with Crippen molar-refractivity contribution >= 4 is 11.3 Å². The van der Waals surface area contributed by atoms with E-state index in [1.54, 1.807) is 11.3 Å². The molecule has 0 saturated carbocycles. The lowest BCUT2D eigenvalue weighted by atomic mass is 10.1. The summed E-state index contributed by atoms with van der Waals surface area (Å²) in [5.41, 5.74) is 12.1. The van der Waals surface area contributed by atoms with Crippen LogP contribution in [-0.2, 0) is 12.0 Å². The van der Waals surface area contributed by atoms with Crippen LogP contribution in [0.3, 0.4) is 0 Å². The standard InChI is InChI=1S/C8H15N3S/c1-3-6-4-12-7(11-6)8(2,10)5-9/h4H,3,5,9-10H2,1-2H3. The Morgan fingerprint density at radius 2 is 2.33 bits per heavy atom. The lowest BCUT2D eigenvalue weighted by molar-refractivity contribution is 0.503. The highest BCUT2D eigenvalue weighted by molar-refractivity contribution is 7.09. The van der Waals surface area contributed by atoms with Gasteiger partial charge in [-0.25, -0.2) is 4.98 Å². The van der Waals surface area contributed by atoms with Crippen LogP contribution in [0.1, 0.15) is 24.5 Å². The quantitative estimate of drug-likeness (QED) is 0.733. The second-order valence-corrected chi connectivity index (χ2v) is 3.98. The summed E-state index contributed by atoms with van der Waals surface area (Å²) in [7, 11) is 0. The molecule has 0 aliphatic rings. The maximum atomic E-state index is 5.93. The zero-order valence-electron chi connectivity index (χ0n) is 7.50. The normalized spacial score (nSPS) is 16.0. The molecule has 0 aliphatic carbocycles. The van der Waals surface area contributed by atoms with Crippen LogP contribution >= 0.6 is 11.3 Å². The molecule has 1 rings (SSSR count). The predicted octanol–water partition coefficient (Wildman–Crippen LogP) is 0.838. The molecule has 4 N–H and O–H groups in total. The van der Waals surface area contributed by atoms with E-state index in [-0.39, 0.29) is 0 Å². The first-order valence-electron chi connectivity index (χ1n) is 4.04. The summed E-state index contributed by atoms with van der Waals surface area (Å²) in [6, 6.07) is 0. The van der Waals surface area contributed by atoms with Crippen molar-refractivity contribution in [1.82, 2.24) is 4.98 Å². The Bertz CT molecular complexity index is 255. The zero-order valence-corrected chi connectivity index (χ0v) is 8.32. The third-order valence-corrected chi connectivity index (χ3v) is 3.00. The van der Waals surface area contributed by atoms with Gasteiger partial charge in [0.05, 0.1) is 11.2 Å². The summed E-state index contributed by atoms with van der Waals surface area (Å²) >= 11 is 1.59. The Morgan fingerprint density at radius 3 is 2.75 bits per heavy atom. The van der Waals surface area contributed by atoms with Gasteiger partial charge in [-0.2, -0.15) is 0 Å². The van der Waals surface area contributed by atoms with E-state index < -0.39 is 5.54 Å². The fraction of sp³-hybridized carbons (Fsp3) is 0.625. The van der Waals surface area contributed by atoms with Crippen LogP contribution in [0.2, 0.25) is 0 Å². The van der Waals surface area contributed by atoms with Crippen LogP contribution in [0.15, 0.2) is 5.38 Å². The number of nitrogens with two attached hydrogens (primary N) is 2. The fourth-order valence-corrected chi connectivity index (χ4v) is 1.81. The van der Waals surface area contributed by atoms with Crippen molar-refractivity contribution in [3.05, 3.63) is 16.1 Å². The van der Waals surface area contributed by atoms with Crippen molar-refractivity contribution < 1.29 is 0 Å². The number of hydrogen-bond acceptors (Lipinski definition) is 4. The molecular formula is C8H15N3S. The SMILES string of the molecule is CCc1csc(C(C)(N)CN)n1. The highest BCUT2D eigenvalue weighted by Gasteiger charge is 2.22. The third kappa shape index (κ3) is 1.83. The summed E-state index contributed by atoms with van der Waals surface area (Å²) in [4.78, 5) is 4.38. The topological polar surface area (TPSA) is 64.9 Å². The number of thiazole rings is 1. The van der Waals surface area contributed by atoms with Crippen LogP contribution < -0.4 is 11.5 Å². The first-order chi connectivity index (χ1) is 5.60. The van der Waals surface area contributed by atoms with Gasteiger partial charge in [-0.15, -0.1) is 11.3 Å². The average Bonchev–Trinajstić information content (AvgIpc) is 2.52. The minimum absolute atomic E-state index is 0.434. The molecule has 0 spiro atoms. The molecule has 1 aromatic heterocycles. The van der Waals surface area contributed by atoms with Crippen molar-refractivity contribution in [3.8, 4) is 0 Å². The van der Waals surface area contributed by atoms with E-state index in [1.807, 2.05) is 12.3 Å². The maximum absolute atomic E-state index is 5.93. The van der Waals surface area contributed by atoms with Gasteiger partial charge < -0.3 is 11.5 Å². The number of nitrogens with zero attached hydrogens (tertiary/aromatic N) is 1. The highest BCUT2D eigenvalue weighted by atomic mass is 32.1. The molecule has 0 saturated heterocycles. The van der Waals surface area contributed by atoms with Gasteiger partial charge in [0.1, 0.15) is 5.01 Å². The molecule has 0 radical (unpaired) electrons. The van der Waals surface area contributed by atoms with Crippen molar-refractivity contribution in [3.63, 3.8) is 0 Å². The Morgan fingerprint density at radius 1 is 1.67 bits per heavy atom. The molecule has 0 aromatic carbocycles. The smallest absolute Gasteiger partial charge is 0.114 e. The molecule has 0 fully saturated rings. The van der Waals surface area contributed by atoms with Gasteiger partial charge in [0, 0.05) is 11.9 Å². The molecule has 1 unspecified atom stereocenters. The van der Waals surface area contributed by atoms with E-state index in [0.717, 1.165) is 17.1 Å². The Kier molecular flexibility index (Phi) is 2.82. The summed E-state index contributed by atoms with van der Waals surface area (Å²) in [6.07, 6.45) is 0.956. The zero-order chi connectivity index (χ0) is 9.19. The third-order valence-electron chi connectivity index (χ3n) is 1.83. The molecule has 1 heterocycles. The molecule has 3 nitrogen and oxygen atoms in total. The number of aromatic nitrogens is 1. The first-order valence-corrected chi connectivity index (χ1v) is 4.92. The second-order valence-electron chi connectivity index (χ2n) is 3.12. The van der Waals surface area contributed by atoms with Gasteiger partial charge in [0.15, 0.2) is 0 Å². The van der Waals surface area contributed by atoms with Crippen LogP contribution in [-0.4, -0.2) is 11.5 Å². The maximum Gasteiger partial charge on any atom is 0.114 e. The van der Waals surface area contributed by atoms with Crippen molar-refractivity contribution in [1.29, 1.82) is 0 Å². The molecule has 0 aliphatic heterocycles. The van der Waals surface area contributed by atoms with Crippen LogP contribution in [0.4, 0.5) is 0 Å². The molecular weight excluding hydrogens is 170 g/mol. The molecule has 1 atom stereocenters. The molecule has 0 bridgehead atoms. The van der Waals surface area contributed by atoms with Crippen molar-refractivity contribution in [2.45, 2.75) is 25.8 Å². The number of rotatable bonds is 3. The van der Waals surface area contributed by atoms with Gasteiger partial charge in [0.25, 0.3) is 0 Å². The minimum Gasteiger partial charge on any atom is -0.328 e. The van der Waals surface area contributed by atoms with E-state index in [4.69, 9.17) is 11.5 Å². The summed E-state index contributed by atoms with van der Waals surface area (Å²) in [5, 5.41) is 2.97. The molecule has 68 valence electrons. The van der Waals surface area contributed by atoms with E-state index in [9.17, 15) is 0 Å². The summed E-state index contributed by atoms with van der Waals surface area (Å²) in [5.74, 6) is 0. The highest BCUT2D eigenvalue weighted by Crippen LogP contribution is 2.20. The van der Waals surface area contributed by atoms with Gasteiger partial charge in [-0.3, -0.25) is 0 Å². The Labute approximate surface area is 76.8 Å². The predicted molar refractivity (Wildman–Crippen MR) is 52.1 cm³/mol. The minimum atomic E-state index is -0.460. The second kappa shape index (κ2) is 3.51. The molecule has 0 amide bonds. The molecule has 1 aromatic rings. The Balaban J connectivity index is 2.88. The van der Waals surface area contributed by atoms with E-state index >= 15 is 0 Å². The van der Waals surface area contributed by atoms with Crippen molar-refractivity contribution in [2.24, 2.45) is 11.5 Å². The number of aryl methyl sites for hydroxylation is 1. The largest absolute Gasteiger partial charge is 0.328 e. The van der Waals surface area contributed by atoms with Gasteiger partial charge in [0.2, 0.25) is 0 Å². The van der Waals surface area contributed by atoms with Crippen LogP contribution in [0, 0.1) is 0 Å². The van der Waals surface area contributed by atoms with Gasteiger partial charge >= 0.3 is 0 Å². The van der Waals surface area contributed by atoms with E-state index in [2.05, 4.69) is 11.9 Å². The Hall–Kier alpha value is -0.450. The fourth-order valence-electron chi connectivity index (χ4n) is 0.819. The van der Waals surface area contributed by atoms with Crippen LogP contribution in [0.25, 0.3) is 0 Å². The first kappa shape index (κ1) is 9.64. The van der Waals surface area contributed by atoms with Crippen LogP contribution in [0.5, 0.6) is 0 Å². The lowest BCUT2D eigenvalue weighted by Crippen LogP contribution is -2.40. The van der Waals surface area contributed by atoms with Gasteiger partial charge in [-0.1, -0.05) is 6.92 Å². The van der Waals surface area contributed by atoms with E-state index in [0.29, 0.717) is 6.54 Å². The summed E-state index contributed by atoms with van der Waals surface area (Å²) in [6.45, 7) is 4.42. The molecule has 12 heavy (non-hydrogen) atoms.